The number of unbranched alkanes of at least 4 members (excludes halogenated alkanes) is 4. The van der Waals surface area contributed by atoms with Gasteiger partial charge in [-0.15, -0.1) is 0 Å². The van der Waals surface area contributed by atoms with Gasteiger partial charge in [0.2, 0.25) is 0 Å². The molecule has 98 valence electrons. The van der Waals surface area contributed by atoms with Crippen LogP contribution in [0.25, 0.3) is 0 Å². The molecule has 1 aromatic heterocycles. The normalized spacial score (nSPS) is 14.8. The molecule has 0 aliphatic rings. The van der Waals surface area contributed by atoms with Crippen molar-refractivity contribution in [2.24, 2.45) is 7.05 Å². The molecule has 1 unspecified atom stereocenters. The minimum Gasteiger partial charge on any atom is -0.276 e. The Bertz CT molecular complexity index is 316. The topological polar surface area (TPSA) is 17.8 Å². The van der Waals surface area contributed by atoms with Gasteiger partial charge in [-0.2, -0.15) is 5.10 Å². The van der Waals surface area contributed by atoms with Crippen LogP contribution in [-0.4, -0.2) is 9.78 Å². The van der Waals surface area contributed by atoms with E-state index in [4.69, 9.17) is 0 Å². The molecule has 0 fully saturated rings. The van der Waals surface area contributed by atoms with Gasteiger partial charge >= 0.3 is 0 Å². The van der Waals surface area contributed by atoms with E-state index in [0.717, 1.165) is 0 Å². The fourth-order valence-electron chi connectivity index (χ4n) is 2.38. The molecule has 0 saturated heterocycles. The van der Waals surface area contributed by atoms with Crippen LogP contribution in [0.4, 0.5) is 0 Å². The van der Waals surface area contributed by atoms with E-state index in [1.807, 2.05) is 17.9 Å². The molecule has 0 bridgehead atoms. The number of hydrogen-bond acceptors (Lipinski definition) is 1. The van der Waals surface area contributed by atoms with E-state index in [0.29, 0.717) is 5.41 Å². The molecule has 0 aromatic carbocycles. The summed E-state index contributed by atoms with van der Waals surface area (Å²) in [5, 5.41) is 4.31. The summed E-state index contributed by atoms with van der Waals surface area (Å²) >= 11 is 0. The van der Waals surface area contributed by atoms with E-state index in [-0.39, 0.29) is 0 Å². The van der Waals surface area contributed by atoms with Gasteiger partial charge in [-0.1, -0.05) is 52.9 Å². The van der Waals surface area contributed by atoms with E-state index in [2.05, 4.69) is 32.1 Å². The summed E-state index contributed by atoms with van der Waals surface area (Å²) in [4.78, 5) is 0. The van der Waals surface area contributed by atoms with Crippen molar-refractivity contribution in [3.8, 4) is 0 Å². The smallest absolute Gasteiger partial charge is 0.0527 e. The van der Waals surface area contributed by atoms with Crippen LogP contribution < -0.4 is 0 Å². The van der Waals surface area contributed by atoms with E-state index >= 15 is 0 Å². The summed E-state index contributed by atoms with van der Waals surface area (Å²) in [6.07, 6.45) is 13.5. The number of nitrogens with zero attached hydrogens (tertiary/aromatic N) is 2. The lowest BCUT2D eigenvalue weighted by atomic mass is 9.77. The summed E-state index contributed by atoms with van der Waals surface area (Å²) in [7, 11) is 2.00. The Morgan fingerprint density at radius 3 is 2.41 bits per heavy atom. The second-order valence-corrected chi connectivity index (χ2v) is 5.48. The van der Waals surface area contributed by atoms with Gasteiger partial charge in [-0.3, -0.25) is 4.68 Å². The molecule has 17 heavy (non-hydrogen) atoms. The zero-order chi connectivity index (χ0) is 12.7. The Kier molecular flexibility index (Phi) is 5.73. The average Bonchev–Trinajstić information content (AvgIpc) is 2.76. The van der Waals surface area contributed by atoms with Crippen molar-refractivity contribution in [1.82, 2.24) is 9.78 Å². The molecule has 2 nitrogen and oxygen atoms in total. The molecule has 2 heteroatoms. The zero-order valence-electron chi connectivity index (χ0n) is 12.0. The molecular weight excluding hydrogens is 208 g/mol. The second-order valence-electron chi connectivity index (χ2n) is 5.48. The monoisotopic (exact) mass is 236 g/mol. The van der Waals surface area contributed by atoms with E-state index in [1.165, 1.54) is 50.5 Å². The third-order valence-corrected chi connectivity index (χ3v) is 4.01. The maximum Gasteiger partial charge on any atom is 0.0527 e. The molecule has 0 aliphatic carbocycles. The summed E-state index contributed by atoms with van der Waals surface area (Å²) in [5.41, 5.74) is 1.72. The van der Waals surface area contributed by atoms with Crippen LogP contribution in [0.3, 0.4) is 0 Å². The van der Waals surface area contributed by atoms with Gasteiger partial charge < -0.3 is 0 Å². The van der Waals surface area contributed by atoms with Crippen molar-refractivity contribution in [1.29, 1.82) is 0 Å². The highest BCUT2D eigenvalue weighted by Crippen LogP contribution is 2.32. The van der Waals surface area contributed by atoms with Crippen LogP contribution in [0.2, 0.25) is 0 Å². The predicted octanol–water partition coefficient (Wildman–Crippen LogP) is 4.45. The molecule has 0 saturated carbocycles. The first kappa shape index (κ1) is 14.3. The zero-order valence-corrected chi connectivity index (χ0v) is 12.0. The van der Waals surface area contributed by atoms with Gasteiger partial charge in [0, 0.05) is 13.2 Å². The highest BCUT2D eigenvalue weighted by molar-refractivity contribution is 5.17. The second kappa shape index (κ2) is 6.83. The van der Waals surface area contributed by atoms with Crippen molar-refractivity contribution >= 4 is 0 Å². The van der Waals surface area contributed by atoms with Crippen LogP contribution in [0, 0.1) is 0 Å². The first-order valence-electron chi connectivity index (χ1n) is 7.11. The van der Waals surface area contributed by atoms with Crippen molar-refractivity contribution in [3.63, 3.8) is 0 Å². The molecule has 1 rings (SSSR count). The number of aromatic nitrogens is 2. The van der Waals surface area contributed by atoms with Crippen molar-refractivity contribution < 1.29 is 0 Å². The summed E-state index contributed by atoms with van der Waals surface area (Å²) < 4.78 is 1.92. The van der Waals surface area contributed by atoms with Crippen LogP contribution in [0.1, 0.15) is 71.3 Å². The Labute approximate surface area is 106 Å². The highest BCUT2D eigenvalue weighted by atomic mass is 15.2. The van der Waals surface area contributed by atoms with E-state index in [1.54, 1.807) is 0 Å². The third-order valence-electron chi connectivity index (χ3n) is 4.01. The third kappa shape index (κ3) is 4.18. The maximum absolute atomic E-state index is 4.31. The minimum atomic E-state index is 0.320. The van der Waals surface area contributed by atoms with Crippen LogP contribution >= 0.6 is 0 Å². The van der Waals surface area contributed by atoms with E-state index in [9.17, 15) is 0 Å². The fraction of sp³-hybridized carbons (Fsp3) is 0.800. The average molecular weight is 236 g/mol. The molecule has 1 heterocycles. The fourth-order valence-corrected chi connectivity index (χ4v) is 2.38. The molecular formula is C15H28N2. The molecule has 0 radical (unpaired) electrons. The Morgan fingerprint density at radius 1 is 1.18 bits per heavy atom. The van der Waals surface area contributed by atoms with Crippen molar-refractivity contribution in [2.45, 2.75) is 71.1 Å². The SMILES string of the molecule is CCCCCCCC(C)(CC)c1cnn(C)c1. The molecule has 0 aliphatic heterocycles. The summed E-state index contributed by atoms with van der Waals surface area (Å²) in [6, 6.07) is 0. The van der Waals surface area contributed by atoms with Gasteiger partial charge in [-0.25, -0.2) is 0 Å². The Morgan fingerprint density at radius 2 is 1.88 bits per heavy atom. The lowest BCUT2D eigenvalue weighted by Crippen LogP contribution is -2.20. The summed E-state index contributed by atoms with van der Waals surface area (Å²) in [5.74, 6) is 0. The number of hydrogen-bond donors (Lipinski definition) is 0. The van der Waals surface area contributed by atoms with Gasteiger partial charge in [0.1, 0.15) is 0 Å². The summed E-state index contributed by atoms with van der Waals surface area (Å²) in [6.45, 7) is 6.94. The quantitative estimate of drug-likeness (QED) is 0.610. The highest BCUT2D eigenvalue weighted by Gasteiger charge is 2.25. The van der Waals surface area contributed by atoms with Gasteiger partial charge in [0.15, 0.2) is 0 Å². The standard InChI is InChI=1S/C15H28N2/c1-5-7-8-9-10-11-15(3,6-2)14-12-16-17(4)13-14/h12-13H,5-11H2,1-4H3. The van der Waals surface area contributed by atoms with Crippen molar-refractivity contribution in [3.05, 3.63) is 18.0 Å². The van der Waals surface area contributed by atoms with Crippen molar-refractivity contribution in [2.75, 3.05) is 0 Å². The number of aryl methyl sites for hydroxylation is 1. The molecule has 0 N–H and O–H groups in total. The van der Waals surface area contributed by atoms with Gasteiger partial charge in [0.05, 0.1) is 6.20 Å². The lowest BCUT2D eigenvalue weighted by molar-refractivity contribution is 0.394. The van der Waals surface area contributed by atoms with Gasteiger partial charge in [-0.05, 0) is 23.8 Å². The van der Waals surface area contributed by atoms with E-state index < -0.39 is 0 Å². The number of rotatable bonds is 8. The molecule has 1 atom stereocenters. The minimum absolute atomic E-state index is 0.320. The largest absolute Gasteiger partial charge is 0.276 e. The first-order chi connectivity index (χ1) is 8.12. The maximum atomic E-state index is 4.31. The Balaban J connectivity index is 2.46. The van der Waals surface area contributed by atoms with Gasteiger partial charge in [0.25, 0.3) is 0 Å². The molecule has 1 aromatic rings. The van der Waals surface area contributed by atoms with Crippen LogP contribution in [0.15, 0.2) is 12.4 Å². The first-order valence-corrected chi connectivity index (χ1v) is 7.11. The Hall–Kier alpha value is -0.790. The molecule has 0 amide bonds. The lowest BCUT2D eigenvalue weighted by Gasteiger charge is -2.27. The predicted molar refractivity (Wildman–Crippen MR) is 74.2 cm³/mol. The van der Waals surface area contributed by atoms with Crippen LogP contribution in [0.5, 0.6) is 0 Å². The van der Waals surface area contributed by atoms with Crippen LogP contribution in [-0.2, 0) is 12.5 Å². The molecule has 0 spiro atoms.